The second kappa shape index (κ2) is 11.0. The number of carboxylic acid groups (broad SMARTS) is 1. The van der Waals surface area contributed by atoms with E-state index in [1.807, 2.05) is 0 Å². The van der Waals surface area contributed by atoms with Gasteiger partial charge < -0.3 is 14.9 Å². The molecule has 0 spiro atoms. The summed E-state index contributed by atoms with van der Waals surface area (Å²) in [4.78, 5) is 36.3. The second-order valence-electron chi connectivity index (χ2n) is 7.46. The predicted octanol–water partition coefficient (Wildman–Crippen LogP) is 3.78. The zero-order chi connectivity index (χ0) is 22.1. The van der Waals surface area contributed by atoms with Gasteiger partial charge in [0.25, 0.3) is 0 Å². The van der Waals surface area contributed by atoms with Crippen LogP contribution in [0.4, 0.5) is 8.78 Å². The summed E-state index contributed by atoms with van der Waals surface area (Å²) in [5.74, 6) is -3.52. The lowest BCUT2D eigenvalue weighted by Crippen LogP contribution is -2.46. The van der Waals surface area contributed by atoms with Gasteiger partial charge in [-0.05, 0) is 31.4 Å². The van der Waals surface area contributed by atoms with Gasteiger partial charge in [-0.3, -0.25) is 9.59 Å². The van der Waals surface area contributed by atoms with Crippen LogP contribution in [0, 0.1) is 5.92 Å². The van der Waals surface area contributed by atoms with E-state index < -0.39 is 54.6 Å². The van der Waals surface area contributed by atoms with Crippen LogP contribution in [-0.2, 0) is 14.3 Å². The molecule has 0 saturated heterocycles. The third-order valence-electron chi connectivity index (χ3n) is 5.12. The zero-order valence-electron chi connectivity index (χ0n) is 16.5. The summed E-state index contributed by atoms with van der Waals surface area (Å²) < 4.78 is 29.6. The van der Waals surface area contributed by atoms with Gasteiger partial charge in [-0.15, -0.1) is 0 Å². The molecule has 2 rings (SSSR count). The third-order valence-corrected chi connectivity index (χ3v) is 5.12. The van der Waals surface area contributed by atoms with Gasteiger partial charge in [-0.1, -0.05) is 36.8 Å². The van der Waals surface area contributed by atoms with Crippen molar-refractivity contribution in [2.24, 2.45) is 5.92 Å². The minimum absolute atomic E-state index is 0.145. The van der Waals surface area contributed by atoms with Crippen molar-refractivity contribution in [2.75, 3.05) is 0 Å². The number of benzene rings is 1. The van der Waals surface area contributed by atoms with E-state index in [-0.39, 0.29) is 12.0 Å². The summed E-state index contributed by atoms with van der Waals surface area (Å²) in [5, 5.41) is 20.0. The van der Waals surface area contributed by atoms with E-state index in [4.69, 9.17) is 4.74 Å². The number of hydrogen-bond donors (Lipinski definition) is 2. The van der Waals surface area contributed by atoms with E-state index in [2.05, 4.69) is 0 Å². The molecule has 1 aliphatic rings. The highest BCUT2D eigenvalue weighted by molar-refractivity contribution is 5.93. The fraction of sp³-hybridized carbons (Fsp3) is 0.500. The first-order valence-corrected chi connectivity index (χ1v) is 9.91. The van der Waals surface area contributed by atoms with Gasteiger partial charge in [0.1, 0.15) is 11.9 Å². The van der Waals surface area contributed by atoms with Gasteiger partial charge in [-0.2, -0.15) is 0 Å². The van der Waals surface area contributed by atoms with E-state index in [9.17, 15) is 33.4 Å². The lowest BCUT2D eigenvalue weighted by atomic mass is 9.92. The average molecular weight is 424 g/mol. The summed E-state index contributed by atoms with van der Waals surface area (Å²) in [5.41, 5.74) is -1.66. The van der Waals surface area contributed by atoms with Crippen molar-refractivity contribution >= 4 is 17.7 Å². The van der Waals surface area contributed by atoms with Crippen LogP contribution in [-0.4, -0.2) is 46.1 Å². The molecule has 0 unspecified atom stereocenters. The van der Waals surface area contributed by atoms with Crippen LogP contribution in [0.2, 0.25) is 0 Å². The molecule has 1 saturated carbocycles. The van der Waals surface area contributed by atoms with Crippen LogP contribution in [0.5, 0.6) is 0 Å². The zero-order valence-corrected chi connectivity index (χ0v) is 16.5. The first kappa shape index (κ1) is 23.7. The highest BCUT2D eigenvalue weighted by Gasteiger charge is 2.56. The van der Waals surface area contributed by atoms with E-state index >= 15 is 0 Å². The summed E-state index contributed by atoms with van der Waals surface area (Å²) in [6, 6.07) is 7.91. The van der Waals surface area contributed by atoms with Crippen LogP contribution >= 0.6 is 0 Å². The maximum atomic E-state index is 12.5. The number of halogens is 2. The van der Waals surface area contributed by atoms with Crippen LogP contribution in [0.3, 0.4) is 0 Å². The number of aliphatic carboxylic acids is 1. The second-order valence-corrected chi connectivity index (χ2v) is 7.46. The predicted molar refractivity (Wildman–Crippen MR) is 104 cm³/mol. The highest BCUT2D eigenvalue weighted by Crippen LogP contribution is 2.39. The minimum atomic E-state index is -2.31. The molecule has 164 valence electrons. The number of carbonyl (C=O) groups is 3. The summed E-state index contributed by atoms with van der Waals surface area (Å²) in [6.07, 6.45) is 0.327. The number of alkyl halides is 2. The number of allylic oxidation sites excluding steroid dienone is 1. The lowest BCUT2D eigenvalue weighted by Gasteiger charge is -2.31. The van der Waals surface area contributed by atoms with Gasteiger partial charge in [0, 0.05) is 6.42 Å². The summed E-state index contributed by atoms with van der Waals surface area (Å²) >= 11 is 0. The average Bonchev–Trinajstić information content (AvgIpc) is 2.90. The largest absolute Gasteiger partial charge is 0.481 e. The van der Waals surface area contributed by atoms with Crippen molar-refractivity contribution in [3.63, 3.8) is 0 Å². The van der Waals surface area contributed by atoms with Crippen LogP contribution in [0.15, 0.2) is 42.5 Å². The Morgan fingerprint density at radius 2 is 1.90 bits per heavy atom. The molecule has 8 heteroatoms. The molecule has 1 aliphatic carbocycles. The van der Waals surface area contributed by atoms with E-state index in [0.717, 1.165) is 0 Å². The molecule has 30 heavy (non-hydrogen) atoms. The van der Waals surface area contributed by atoms with Crippen LogP contribution in [0.25, 0.3) is 0 Å². The lowest BCUT2D eigenvalue weighted by molar-refractivity contribution is -0.148. The van der Waals surface area contributed by atoms with Gasteiger partial charge in [0.15, 0.2) is 5.60 Å². The van der Waals surface area contributed by atoms with E-state index in [1.165, 1.54) is 18.2 Å². The minimum Gasteiger partial charge on any atom is -0.481 e. The Hall–Kier alpha value is -2.61. The van der Waals surface area contributed by atoms with E-state index in [1.54, 1.807) is 24.3 Å². The first-order chi connectivity index (χ1) is 14.2. The molecule has 3 atom stereocenters. The number of Topliss-reactive ketones (excluding diaryl/α,β-unsaturated/α-hetero) is 1. The van der Waals surface area contributed by atoms with Gasteiger partial charge in [-0.25, -0.2) is 13.6 Å². The fourth-order valence-corrected chi connectivity index (χ4v) is 3.59. The third kappa shape index (κ3) is 6.45. The highest BCUT2D eigenvalue weighted by atomic mass is 19.3. The number of unbranched alkanes of at least 4 members (excludes halogenated alkanes) is 3. The number of ketones is 1. The number of hydrogen-bond acceptors (Lipinski definition) is 5. The molecule has 0 bridgehead atoms. The standard InChI is InChI=1S/C22H26F2O6/c23-18(24)12-8-3-1-2-7-11-16-17(25)13-22(20(16)28,14-19(26)27)30-21(29)15-9-5-4-6-10-15/h4-7,9-11,16,18,20,28H,1-3,8,12-14H2,(H,26,27)/t16-,20+,22-/m0/s1. The van der Waals surface area contributed by atoms with E-state index in [0.29, 0.717) is 25.7 Å². The molecule has 0 aliphatic heterocycles. The number of rotatable bonds is 11. The molecule has 0 heterocycles. The molecule has 6 nitrogen and oxygen atoms in total. The molecule has 2 N–H and O–H groups in total. The quantitative estimate of drug-likeness (QED) is 0.319. The Bertz CT molecular complexity index is 764. The molecule has 0 amide bonds. The van der Waals surface area contributed by atoms with Gasteiger partial charge >= 0.3 is 11.9 Å². The van der Waals surface area contributed by atoms with Gasteiger partial charge in [0.05, 0.1) is 24.3 Å². The Labute approximate surface area is 173 Å². The molecule has 1 aromatic carbocycles. The van der Waals surface area contributed by atoms with Crippen molar-refractivity contribution in [1.82, 2.24) is 0 Å². The Morgan fingerprint density at radius 1 is 1.20 bits per heavy atom. The maximum absolute atomic E-state index is 12.5. The Morgan fingerprint density at radius 3 is 2.53 bits per heavy atom. The molecular weight excluding hydrogens is 398 g/mol. The molecule has 1 fully saturated rings. The van der Waals surface area contributed by atoms with Crippen molar-refractivity contribution in [3.05, 3.63) is 48.0 Å². The molecule has 0 radical (unpaired) electrons. The van der Waals surface area contributed by atoms with Crippen molar-refractivity contribution in [1.29, 1.82) is 0 Å². The number of aliphatic hydroxyl groups is 1. The number of aliphatic hydroxyl groups excluding tert-OH is 1. The van der Waals surface area contributed by atoms with Crippen molar-refractivity contribution in [3.8, 4) is 0 Å². The smallest absolute Gasteiger partial charge is 0.338 e. The van der Waals surface area contributed by atoms with Crippen LogP contribution < -0.4 is 0 Å². The van der Waals surface area contributed by atoms with Crippen molar-refractivity contribution < 1.29 is 38.1 Å². The van der Waals surface area contributed by atoms with Crippen molar-refractivity contribution in [2.45, 2.75) is 63.1 Å². The maximum Gasteiger partial charge on any atom is 0.338 e. The normalized spacial score (nSPS) is 23.9. The monoisotopic (exact) mass is 424 g/mol. The van der Waals surface area contributed by atoms with Crippen LogP contribution in [0.1, 0.15) is 55.3 Å². The number of carbonyl (C=O) groups excluding carboxylic acids is 2. The number of carboxylic acids is 1. The molecule has 0 aromatic heterocycles. The Kier molecular flexibility index (Phi) is 8.65. The summed E-state index contributed by atoms with van der Waals surface area (Å²) in [7, 11) is 0. The first-order valence-electron chi connectivity index (χ1n) is 9.91. The molecular formula is C22H26F2O6. The summed E-state index contributed by atoms with van der Waals surface area (Å²) in [6.45, 7) is 0. The SMILES string of the molecule is O=C(O)C[C@@]1(OC(=O)c2ccccc2)CC(=O)[C@H](C=CCCCCCC(F)F)[C@H]1O. The molecule has 1 aromatic rings. The fourth-order valence-electron chi connectivity index (χ4n) is 3.59. The Balaban J connectivity index is 2.03. The number of esters is 1. The topological polar surface area (TPSA) is 101 Å². The number of ether oxygens (including phenoxy) is 1. The van der Waals surface area contributed by atoms with Gasteiger partial charge in [0.2, 0.25) is 6.43 Å².